The number of hydrogen-bond donors (Lipinski definition) is 4. The quantitative estimate of drug-likeness (QED) is 0.220. The number of carbonyl (C=O) groups excluding carboxylic acids is 3. The minimum atomic E-state index is -0.852. The molecule has 0 aromatic heterocycles. The minimum absolute atomic E-state index is 0.0485. The Kier molecular flexibility index (Phi) is 13.1. The molecule has 6 rings (SSSR count). The Labute approximate surface area is 312 Å². The van der Waals surface area contributed by atoms with Gasteiger partial charge in [0.2, 0.25) is 11.8 Å². The van der Waals surface area contributed by atoms with Crippen LogP contribution in [-0.2, 0) is 28.7 Å². The number of esters is 1. The highest BCUT2D eigenvalue weighted by Crippen LogP contribution is 2.61. The average molecular weight is 735 g/mol. The summed E-state index contributed by atoms with van der Waals surface area (Å²) >= 11 is 0. The molecule has 12 heteroatoms. The lowest BCUT2D eigenvalue weighted by atomic mass is 9.45. The maximum Gasteiger partial charge on any atom is 0.325 e. The zero-order valence-electron chi connectivity index (χ0n) is 33.6. The molecule has 298 valence electrons. The van der Waals surface area contributed by atoms with Crippen LogP contribution in [0.15, 0.2) is 0 Å². The second-order valence-electron chi connectivity index (χ2n) is 18.9. The van der Waals surface area contributed by atoms with E-state index >= 15 is 0 Å². The number of aliphatic hydroxyl groups excluding tert-OH is 2. The molecule has 5 aliphatic carbocycles. The van der Waals surface area contributed by atoms with Gasteiger partial charge in [-0.25, -0.2) is 0 Å². The Morgan fingerprint density at radius 1 is 1.06 bits per heavy atom. The van der Waals surface area contributed by atoms with Crippen molar-refractivity contribution in [1.82, 2.24) is 20.6 Å². The molecule has 7 unspecified atom stereocenters. The molecule has 0 aromatic rings. The van der Waals surface area contributed by atoms with Gasteiger partial charge in [0.1, 0.15) is 24.3 Å². The summed E-state index contributed by atoms with van der Waals surface area (Å²) in [4.78, 5) is 48.7. The van der Waals surface area contributed by atoms with Gasteiger partial charge in [-0.05, 0) is 122 Å². The Bertz CT molecular complexity index is 1250. The van der Waals surface area contributed by atoms with Crippen LogP contribution < -0.4 is 10.6 Å². The number of methoxy groups -OCH3 is 1. The number of carbonyl (C=O) groups is 3. The number of rotatable bonds is 12. The third-order valence-electron chi connectivity index (χ3n) is 14.0. The lowest BCUT2D eigenvalue weighted by Crippen LogP contribution is -2.62. The van der Waals surface area contributed by atoms with E-state index in [0.717, 1.165) is 38.5 Å². The van der Waals surface area contributed by atoms with E-state index in [1.165, 1.54) is 6.42 Å². The Balaban J connectivity index is 1.29. The summed E-state index contributed by atoms with van der Waals surface area (Å²) in [6, 6.07) is -0.455. The van der Waals surface area contributed by atoms with Gasteiger partial charge in [0.05, 0.1) is 18.8 Å². The van der Waals surface area contributed by atoms with Gasteiger partial charge in [0.15, 0.2) is 0 Å². The van der Waals surface area contributed by atoms with Crippen molar-refractivity contribution in [1.29, 1.82) is 0 Å². The van der Waals surface area contributed by atoms with Crippen LogP contribution in [0, 0.1) is 52.8 Å². The van der Waals surface area contributed by atoms with Crippen LogP contribution >= 0.6 is 0 Å². The van der Waals surface area contributed by atoms with Crippen molar-refractivity contribution in [3.63, 3.8) is 0 Å². The smallest absolute Gasteiger partial charge is 0.325 e. The molecule has 6 fully saturated rings. The number of nitrogens with one attached hydrogen (secondary N) is 2. The van der Waals surface area contributed by atoms with Gasteiger partial charge >= 0.3 is 5.97 Å². The molecule has 52 heavy (non-hydrogen) atoms. The lowest BCUT2D eigenvalue weighted by Gasteiger charge is -2.62. The summed E-state index contributed by atoms with van der Waals surface area (Å²) in [5.41, 5.74) is -0.318. The topological polar surface area (TPSA) is 150 Å². The van der Waals surface area contributed by atoms with E-state index in [-0.39, 0.29) is 66.8 Å². The fourth-order valence-corrected chi connectivity index (χ4v) is 11.1. The Hall–Kier alpha value is -1.83. The molecule has 1 saturated heterocycles. The van der Waals surface area contributed by atoms with E-state index in [0.29, 0.717) is 36.1 Å². The molecule has 0 spiro atoms. The third-order valence-corrected chi connectivity index (χ3v) is 14.0. The van der Waals surface area contributed by atoms with Crippen molar-refractivity contribution in [2.45, 2.75) is 142 Å². The zero-order valence-corrected chi connectivity index (χ0v) is 33.6. The summed E-state index contributed by atoms with van der Waals surface area (Å²) in [5.74, 6) is 0.491. The number of amides is 2. The molecule has 0 radical (unpaired) electrons. The fourth-order valence-electron chi connectivity index (χ4n) is 11.1. The van der Waals surface area contributed by atoms with Gasteiger partial charge in [-0.3, -0.25) is 19.2 Å². The maximum absolute atomic E-state index is 14.3. The number of hydrogen-bond acceptors (Lipinski definition) is 10. The second-order valence-corrected chi connectivity index (χ2v) is 18.9. The Morgan fingerprint density at radius 3 is 2.35 bits per heavy atom. The molecule has 14 atom stereocenters. The van der Waals surface area contributed by atoms with Gasteiger partial charge in [-0.15, -0.1) is 0 Å². The van der Waals surface area contributed by atoms with Crippen molar-refractivity contribution in [2.24, 2.45) is 52.8 Å². The van der Waals surface area contributed by atoms with Crippen molar-refractivity contribution in [2.75, 3.05) is 40.9 Å². The van der Waals surface area contributed by atoms with Gasteiger partial charge < -0.3 is 35.2 Å². The maximum atomic E-state index is 14.3. The van der Waals surface area contributed by atoms with E-state index in [9.17, 15) is 24.6 Å². The number of ether oxygens (including phenoxy) is 2. The van der Waals surface area contributed by atoms with E-state index in [4.69, 9.17) is 14.3 Å². The van der Waals surface area contributed by atoms with Gasteiger partial charge in [0, 0.05) is 43.5 Å². The average Bonchev–Trinajstić information content (AvgIpc) is 3.45. The van der Waals surface area contributed by atoms with Crippen molar-refractivity contribution in [3.05, 3.63) is 0 Å². The first-order valence-corrected chi connectivity index (χ1v) is 20.1. The van der Waals surface area contributed by atoms with Crippen molar-refractivity contribution >= 4 is 17.8 Å². The monoisotopic (exact) mass is 735 g/mol. The summed E-state index contributed by atoms with van der Waals surface area (Å²) in [6.07, 6.45) is 5.75. The van der Waals surface area contributed by atoms with Crippen molar-refractivity contribution < 1.29 is 38.9 Å². The summed E-state index contributed by atoms with van der Waals surface area (Å²) in [6.45, 7) is 14.1. The van der Waals surface area contributed by atoms with E-state index in [1.54, 1.807) is 19.1 Å². The molecule has 5 saturated carbocycles. The fraction of sp³-hybridized carbons (Fsp3) is 0.925. The van der Waals surface area contributed by atoms with Crippen LogP contribution in [0.5, 0.6) is 0 Å². The number of hydroxylamine groups is 2. The summed E-state index contributed by atoms with van der Waals surface area (Å²) < 4.78 is 11.7. The first-order valence-electron chi connectivity index (χ1n) is 20.1. The molecule has 6 aliphatic rings. The van der Waals surface area contributed by atoms with Gasteiger partial charge in [-0.2, -0.15) is 5.06 Å². The summed E-state index contributed by atoms with van der Waals surface area (Å²) in [5, 5.41) is 29.3. The second kappa shape index (κ2) is 16.5. The molecule has 0 aromatic carbocycles. The van der Waals surface area contributed by atoms with Crippen LogP contribution in [0.25, 0.3) is 0 Å². The van der Waals surface area contributed by atoms with Crippen LogP contribution in [0.1, 0.15) is 99.8 Å². The first-order chi connectivity index (χ1) is 24.4. The first kappa shape index (κ1) is 41.3. The predicted molar refractivity (Wildman–Crippen MR) is 198 cm³/mol. The molecular formula is C40H70N4O8. The standard InChI is InChI=1S/C40H70N4O8/c1-22-30-17-27(40(30,6)7)18-31(22)42-38(49)35-34(23(2)46)32(21-45)52-44(35)20-24-12-11-13-29(36(24)50-10)25-14-26(16-28(15-25)43(8)9)37(48)41-19-33(47)51-39(3,4)5/h22-32,34-36,45-46H,11-21H2,1-10H3,(H,41,48)(H,42,49)/t22-,23-,24?,25?,26?,27?,28?,29?,30-,31-,32-,34-,35-,36?/m0/s1. The van der Waals surface area contributed by atoms with E-state index < -0.39 is 35.7 Å². The van der Waals surface area contributed by atoms with Crippen LogP contribution in [0.4, 0.5) is 0 Å². The zero-order chi connectivity index (χ0) is 38.3. The highest BCUT2D eigenvalue weighted by atomic mass is 16.7. The molecule has 4 N–H and O–H groups in total. The van der Waals surface area contributed by atoms with E-state index in [2.05, 4.69) is 50.4 Å². The Morgan fingerprint density at radius 2 is 1.77 bits per heavy atom. The molecular weight excluding hydrogens is 664 g/mol. The van der Waals surface area contributed by atoms with E-state index in [1.807, 2.05) is 20.8 Å². The highest BCUT2D eigenvalue weighted by molar-refractivity contribution is 5.84. The van der Waals surface area contributed by atoms with Crippen LogP contribution in [0.3, 0.4) is 0 Å². The summed E-state index contributed by atoms with van der Waals surface area (Å²) in [7, 11) is 5.88. The highest BCUT2D eigenvalue weighted by Gasteiger charge is 2.58. The predicted octanol–water partition coefficient (Wildman–Crippen LogP) is 3.38. The molecule has 2 bridgehead atoms. The van der Waals surface area contributed by atoms with Crippen LogP contribution in [0.2, 0.25) is 0 Å². The van der Waals surface area contributed by atoms with Gasteiger partial charge in [-0.1, -0.05) is 27.2 Å². The third kappa shape index (κ3) is 8.83. The number of aliphatic hydroxyl groups is 2. The lowest BCUT2D eigenvalue weighted by molar-refractivity contribution is -0.193. The SMILES string of the molecule is COC1C(CN2O[C@@H](CO)[C@H]([C@H](C)O)[C@H]2C(=O)N[C@H]2CC3C[C@@H]([C@@H]2C)C3(C)C)CCCC1C1CC(C(=O)NCC(=O)OC(C)(C)C)CC(N(C)C)C1. The number of nitrogens with zero attached hydrogens (tertiary/aromatic N) is 2. The minimum Gasteiger partial charge on any atom is -0.459 e. The van der Waals surface area contributed by atoms with Crippen LogP contribution in [-0.4, -0.2) is 121 Å². The largest absolute Gasteiger partial charge is 0.459 e. The normalized spacial score (nSPS) is 39.8. The molecule has 1 heterocycles. The van der Waals surface area contributed by atoms with Gasteiger partial charge in [0.25, 0.3) is 0 Å². The molecule has 1 aliphatic heterocycles. The number of fused-ring (bicyclic) bond motifs is 2. The van der Waals surface area contributed by atoms with Crippen molar-refractivity contribution in [3.8, 4) is 0 Å². The molecule has 2 amide bonds. The molecule has 12 nitrogen and oxygen atoms in total.